The highest BCUT2D eigenvalue weighted by Crippen LogP contribution is 2.30. The van der Waals surface area contributed by atoms with Gasteiger partial charge in [-0.2, -0.15) is 0 Å². The first kappa shape index (κ1) is 23.4. The number of amides is 1. The number of fused-ring (bicyclic) bond motifs is 1. The molecule has 1 aliphatic carbocycles. The Balaban J connectivity index is 1.41. The summed E-state index contributed by atoms with van der Waals surface area (Å²) < 4.78 is 0. The summed E-state index contributed by atoms with van der Waals surface area (Å²) in [7, 11) is 0. The van der Waals surface area contributed by atoms with Crippen molar-refractivity contribution < 1.29 is 4.79 Å². The summed E-state index contributed by atoms with van der Waals surface area (Å²) in [4.78, 5) is 12.2. The average Bonchev–Trinajstić information content (AvgIpc) is 3.14. The Morgan fingerprint density at radius 3 is 2.41 bits per heavy atom. The molecule has 0 saturated heterocycles. The Bertz CT molecular complexity index is 631. The molecule has 0 fully saturated rings. The Kier molecular flexibility index (Phi) is 12.2. The molecule has 0 heterocycles. The molecule has 2 nitrogen and oxygen atoms in total. The molecule has 1 aromatic carbocycles. The van der Waals surface area contributed by atoms with Crippen LogP contribution in [-0.4, -0.2) is 5.91 Å². The molecule has 0 radical (unpaired) electrons. The van der Waals surface area contributed by atoms with Crippen LogP contribution >= 0.6 is 0 Å². The summed E-state index contributed by atoms with van der Waals surface area (Å²) in [6, 6.07) is 8.74. The molecule has 0 saturated carbocycles. The molecule has 1 N–H and O–H groups in total. The van der Waals surface area contributed by atoms with Crippen LogP contribution in [0, 0.1) is 0 Å². The van der Waals surface area contributed by atoms with E-state index in [4.69, 9.17) is 0 Å². The van der Waals surface area contributed by atoms with Gasteiger partial charge in [-0.25, -0.2) is 0 Å². The molecule has 0 spiro atoms. The maximum atomic E-state index is 12.2. The second-order valence-electron chi connectivity index (χ2n) is 8.34. The minimum atomic E-state index is 0.220. The minimum absolute atomic E-state index is 0.220. The van der Waals surface area contributed by atoms with Gasteiger partial charge in [0.05, 0.1) is 6.04 Å². The number of nitrogens with one attached hydrogen (secondary N) is 1. The van der Waals surface area contributed by atoms with Gasteiger partial charge in [-0.05, 0) is 62.5 Å². The Morgan fingerprint density at radius 1 is 0.931 bits per heavy atom. The van der Waals surface area contributed by atoms with Crippen molar-refractivity contribution in [3.8, 4) is 0 Å². The number of aryl methyl sites for hydroxylation is 1. The Labute approximate surface area is 178 Å². The van der Waals surface area contributed by atoms with Crippen LogP contribution < -0.4 is 5.32 Å². The predicted molar refractivity (Wildman–Crippen MR) is 125 cm³/mol. The largest absolute Gasteiger partial charge is 0.349 e. The first-order valence-electron chi connectivity index (χ1n) is 12.0. The summed E-state index contributed by atoms with van der Waals surface area (Å²) in [5.41, 5.74) is 2.72. The molecule has 1 aromatic rings. The third kappa shape index (κ3) is 9.96. The third-order valence-corrected chi connectivity index (χ3v) is 5.82. The molecule has 160 valence electrons. The van der Waals surface area contributed by atoms with E-state index in [1.54, 1.807) is 0 Å². The maximum absolute atomic E-state index is 12.2. The Hall–Kier alpha value is -1.83. The number of benzene rings is 1. The molecular weight excluding hydrogens is 354 g/mol. The topological polar surface area (TPSA) is 29.1 Å². The number of rotatable bonds is 15. The zero-order valence-electron chi connectivity index (χ0n) is 18.5. The number of hydrogen-bond acceptors (Lipinski definition) is 1. The number of hydrogen-bond donors (Lipinski definition) is 1. The smallest absolute Gasteiger partial charge is 0.220 e. The van der Waals surface area contributed by atoms with E-state index in [-0.39, 0.29) is 11.9 Å². The van der Waals surface area contributed by atoms with Gasteiger partial charge in [-0.15, -0.1) is 0 Å². The van der Waals surface area contributed by atoms with Gasteiger partial charge in [0.25, 0.3) is 0 Å². The summed E-state index contributed by atoms with van der Waals surface area (Å²) in [5.74, 6) is 0.220. The van der Waals surface area contributed by atoms with Crippen molar-refractivity contribution in [3.63, 3.8) is 0 Å². The fraction of sp³-hybridized carbons (Fsp3) is 0.593. The highest BCUT2D eigenvalue weighted by atomic mass is 16.1. The van der Waals surface area contributed by atoms with E-state index in [0.717, 1.165) is 25.7 Å². The van der Waals surface area contributed by atoms with E-state index in [1.165, 1.54) is 68.9 Å². The van der Waals surface area contributed by atoms with Gasteiger partial charge in [-0.1, -0.05) is 87.6 Å². The van der Waals surface area contributed by atoms with Crippen LogP contribution in [0.3, 0.4) is 0 Å². The SMILES string of the molecule is CCCCC/C=C\C/C=C\CCCCCCCC(=O)NC1CCc2ccccc21. The van der Waals surface area contributed by atoms with E-state index in [9.17, 15) is 4.79 Å². The average molecular weight is 396 g/mol. The van der Waals surface area contributed by atoms with Gasteiger partial charge < -0.3 is 5.32 Å². The fourth-order valence-electron chi connectivity index (χ4n) is 4.07. The first-order valence-corrected chi connectivity index (χ1v) is 12.0. The lowest BCUT2D eigenvalue weighted by molar-refractivity contribution is -0.121. The van der Waals surface area contributed by atoms with E-state index in [1.807, 2.05) is 0 Å². The van der Waals surface area contributed by atoms with Crippen molar-refractivity contribution in [2.24, 2.45) is 0 Å². The standard InChI is InChI=1S/C27H41NO/c1-2-3-4-5-6-7-8-9-10-11-12-13-14-15-16-21-27(29)28-26-23-22-24-19-17-18-20-25(24)26/h6-7,9-10,17-20,26H,2-5,8,11-16,21-23H2,1H3,(H,28,29)/b7-6-,10-9-. The number of allylic oxidation sites excluding steroid dienone is 4. The highest BCUT2D eigenvalue weighted by Gasteiger charge is 2.22. The highest BCUT2D eigenvalue weighted by molar-refractivity contribution is 5.76. The third-order valence-electron chi connectivity index (χ3n) is 5.82. The predicted octanol–water partition coefficient (Wildman–Crippen LogP) is 7.60. The van der Waals surface area contributed by atoms with Crippen LogP contribution in [0.2, 0.25) is 0 Å². The number of carbonyl (C=O) groups is 1. The zero-order valence-corrected chi connectivity index (χ0v) is 18.5. The summed E-state index contributed by atoms with van der Waals surface area (Å²) in [6.07, 6.45) is 25.5. The van der Waals surface area contributed by atoms with E-state index >= 15 is 0 Å². The Morgan fingerprint density at radius 2 is 1.62 bits per heavy atom. The lowest BCUT2D eigenvalue weighted by atomic mass is 10.1. The van der Waals surface area contributed by atoms with Crippen LogP contribution in [-0.2, 0) is 11.2 Å². The van der Waals surface area contributed by atoms with E-state index in [2.05, 4.69) is 60.8 Å². The molecule has 2 rings (SSSR count). The quantitative estimate of drug-likeness (QED) is 0.240. The van der Waals surface area contributed by atoms with Gasteiger partial charge in [0.15, 0.2) is 0 Å². The van der Waals surface area contributed by atoms with Crippen molar-refractivity contribution in [2.45, 2.75) is 103 Å². The molecule has 29 heavy (non-hydrogen) atoms. The van der Waals surface area contributed by atoms with E-state index < -0.39 is 0 Å². The number of unbranched alkanes of at least 4 members (excludes halogenated alkanes) is 8. The lowest BCUT2D eigenvalue weighted by Crippen LogP contribution is -2.26. The van der Waals surface area contributed by atoms with Crippen molar-refractivity contribution >= 4 is 5.91 Å². The van der Waals surface area contributed by atoms with E-state index in [0.29, 0.717) is 6.42 Å². The molecule has 1 atom stereocenters. The molecule has 2 heteroatoms. The maximum Gasteiger partial charge on any atom is 0.220 e. The monoisotopic (exact) mass is 395 g/mol. The van der Waals surface area contributed by atoms with Crippen molar-refractivity contribution in [2.75, 3.05) is 0 Å². The van der Waals surface area contributed by atoms with Crippen LogP contribution in [0.25, 0.3) is 0 Å². The summed E-state index contributed by atoms with van der Waals surface area (Å²) in [5, 5.41) is 3.23. The van der Waals surface area contributed by atoms with Crippen LogP contribution in [0.15, 0.2) is 48.6 Å². The number of carbonyl (C=O) groups excluding carboxylic acids is 1. The van der Waals surface area contributed by atoms with Gasteiger partial charge in [0.1, 0.15) is 0 Å². The second kappa shape index (κ2) is 15.1. The second-order valence-corrected chi connectivity index (χ2v) is 8.34. The molecular formula is C27H41NO. The molecule has 0 bridgehead atoms. The van der Waals surface area contributed by atoms with Gasteiger partial charge >= 0.3 is 0 Å². The zero-order chi connectivity index (χ0) is 20.6. The van der Waals surface area contributed by atoms with Crippen LogP contribution in [0.1, 0.15) is 108 Å². The van der Waals surface area contributed by atoms with Crippen molar-refractivity contribution in [1.82, 2.24) is 5.32 Å². The molecule has 1 unspecified atom stereocenters. The molecule has 1 amide bonds. The van der Waals surface area contributed by atoms with Gasteiger partial charge in [-0.3, -0.25) is 4.79 Å². The molecule has 1 aliphatic rings. The summed E-state index contributed by atoms with van der Waals surface area (Å²) >= 11 is 0. The van der Waals surface area contributed by atoms with Crippen molar-refractivity contribution in [3.05, 3.63) is 59.7 Å². The lowest BCUT2D eigenvalue weighted by Gasteiger charge is -2.14. The van der Waals surface area contributed by atoms with Crippen LogP contribution in [0.4, 0.5) is 0 Å². The normalized spacial score (nSPS) is 16.0. The molecule has 0 aliphatic heterocycles. The van der Waals surface area contributed by atoms with Crippen LogP contribution in [0.5, 0.6) is 0 Å². The molecule has 0 aromatic heterocycles. The fourth-order valence-corrected chi connectivity index (χ4v) is 4.07. The minimum Gasteiger partial charge on any atom is -0.349 e. The first-order chi connectivity index (χ1) is 14.3. The van der Waals surface area contributed by atoms with Gasteiger partial charge in [0.2, 0.25) is 5.91 Å². The van der Waals surface area contributed by atoms with Gasteiger partial charge in [0, 0.05) is 6.42 Å². The van der Waals surface area contributed by atoms with Crippen molar-refractivity contribution in [1.29, 1.82) is 0 Å². The summed E-state index contributed by atoms with van der Waals surface area (Å²) in [6.45, 7) is 2.25.